The number of hydrogen-bond donors (Lipinski definition) is 3. The molecule has 0 bridgehead atoms. The molecule has 0 spiro atoms. The van der Waals surface area contributed by atoms with Gasteiger partial charge in [-0.2, -0.15) is 0 Å². The summed E-state index contributed by atoms with van der Waals surface area (Å²) >= 11 is 0. The van der Waals surface area contributed by atoms with Crippen LogP contribution in [0, 0.1) is 17.8 Å². The zero-order valence-electron chi connectivity index (χ0n) is 12.0. The van der Waals surface area contributed by atoms with Crippen LogP contribution in [0.15, 0.2) is 0 Å². The third-order valence-electron chi connectivity index (χ3n) is 4.92. The van der Waals surface area contributed by atoms with Crippen molar-refractivity contribution in [2.45, 2.75) is 57.4 Å². The summed E-state index contributed by atoms with van der Waals surface area (Å²) in [5.74, 6) is -1.01. The molecule has 2 aliphatic rings. The van der Waals surface area contributed by atoms with Crippen LogP contribution in [0.2, 0.25) is 0 Å². The maximum atomic E-state index is 12.3. The highest BCUT2D eigenvalue weighted by Gasteiger charge is 2.34. The molecule has 114 valence electrons. The standard InChI is InChI=1S/C15H26N2O3/c16-13-8-3-1-2-6-12(13)14(18)17-9-10-5-4-7-11(10)15(19)20/h10-13H,1-9,16H2,(H,17,18)(H,19,20). The van der Waals surface area contributed by atoms with Gasteiger partial charge in [-0.25, -0.2) is 0 Å². The molecule has 2 rings (SSSR count). The highest BCUT2D eigenvalue weighted by molar-refractivity contribution is 5.79. The van der Waals surface area contributed by atoms with Gasteiger partial charge in [0.25, 0.3) is 0 Å². The first-order chi connectivity index (χ1) is 9.59. The molecule has 20 heavy (non-hydrogen) atoms. The van der Waals surface area contributed by atoms with Gasteiger partial charge in [0.15, 0.2) is 0 Å². The predicted molar refractivity (Wildman–Crippen MR) is 76.0 cm³/mol. The van der Waals surface area contributed by atoms with E-state index in [1.807, 2.05) is 0 Å². The van der Waals surface area contributed by atoms with E-state index in [-0.39, 0.29) is 29.7 Å². The maximum Gasteiger partial charge on any atom is 0.306 e. The quantitative estimate of drug-likeness (QED) is 0.681. The number of carbonyl (C=O) groups is 2. The highest BCUT2D eigenvalue weighted by Crippen LogP contribution is 2.31. The van der Waals surface area contributed by atoms with Gasteiger partial charge in [-0.1, -0.05) is 25.7 Å². The molecule has 2 fully saturated rings. The average Bonchev–Trinajstić information content (AvgIpc) is 2.78. The van der Waals surface area contributed by atoms with Gasteiger partial charge in [0.1, 0.15) is 0 Å². The van der Waals surface area contributed by atoms with Gasteiger partial charge >= 0.3 is 5.97 Å². The number of carboxylic acid groups (broad SMARTS) is 1. The molecule has 2 aliphatic carbocycles. The third-order valence-corrected chi connectivity index (χ3v) is 4.92. The zero-order valence-corrected chi connectivity index (χ0v) is 12.0. The van der Waals surface area contributed by atoms with Crippen LogP contribution in [0.4, 0.5) is 0 Å². The van der Waals surface area contributed by atoms with Crippen molar-refractivity contribution in [1.29, 1.82) is 0 Å². The summed E-state index contributed by atoms with van der Waals surface area (Å²) in [6.07, 6.45) is 7.68. The Hall–Kier alpha value is -1.10. The van der Waals surface area contributed by atoms with Crippen LogP contribution in [0.1, 0.15) is 51.4 Å². The van der Waals surface area contributed by atoms with Crippen LogP contribution >= 0.6 is 0 Å². The van der Waals surface area contributed by atoms with Gasteiger partial charge in [0, 0.05) is 12.6 Å². The molecule has 5 heteroatoms. The van der Waals surface area contributed by atoms with Gasteiger partial charge in [0.2, 0.25) is 5.91 Å². The Balaban J connectivity index is 1.83. The fraction of sp³-hybridized carbons (Fsp3) is 0.867. The lowest BCUT2D eigenvalue weighted by Crippen LogP contribution is -2.43. The molecule has 0 aromatic heterocycles. The van der Waals surface area contributed by atoms with Crippen LogP contribution < -0.4 is 11.1 Å². The second-order valence-electron chi connectivity index (χ2n) is 6.29. The van der Waals surface area contributed by atoms with Gasteiger partial charge in [-0.05, 0) is 31.6 Å². The third kappa shape index (κ3) is 3.72. The lowest BCUT2D eigenvalue weighted by Gasteiger charge is -2.22. The van der Waals surface area contributed by atoms with E-state index in [0.29, 0.717) is 6.54 Å². The largest absolute Gasteiger partial charge is 0.481 e. The number of carboxylic acids is 1. The Morgan fingerprint density at radius 3 is 2.45 bits per heavy atom. The summed E-state index contributed by atoms with van der Waals surface area (Å²) in [5, 5.41) is 12.1. The lowest BCUT2D eigenvalue weighted by atomic mass is 9.93. The molecular formula is C15H26N2O3. The van der Waals surface area contributed by atoms with Crippen LogP contribution in [0.3, 0.4) is 0 Å². The van der Waals surface area contributed by atoms with Gasteiger partial charge in [-0.3, -0.25) is 9.59 Å². The van der Waals surface area contributed by atoms with Crippen LogP contribution in [0.5, 0.6) is 0 Å². The number of rotatable bonds is 4. The molecule has 0 heterocycles. The fourth-order valence-electron chi connectivity index (χ4n) is 3.63. The van der Waals surface area contributed by atoms with E-state index in [0.717, 1.165) is 51.4 Å². The van der Waals surface area contributed by atoms with Crippen molar-refractivity contribution in [2.75, 3.05) is 6.54 Å². The molecule has 1 amide bonds. The number of carbonyl (C=O) groups excluding carboxylic acids is 1. The fourth-order valence-corrected chi connectivity index (χ4v) is 3.63. The first kappa shape index (κ1) is 15.3. The average molecular weight is 282 g/mol. The number of amides is 1. The summed E-state index contributed by atoms with van der Waals surface area (Å²) in [6.45, 7) is 0.485. The van der Waals surface area contributed by atoms with Crippen molar-refractivity contribution in [3.63, 3.8) is 0 Å². The Kier molecular flexibility index (Phi) is 5.40. The first-order valence-corrected chi connectivity index (χ1v) is 7.85. The SMILES string of the molecule is NC1CCCCCC1C(=O)NCC1CCCC1C(=O)O. The van der Waals surface area contributed by atoms with Gasteiger partial charge < -0.3 is 16.2 Å². The number of aliphatic carboxylic acids is 1. The second-order valence-corrected chi connectivity index (χ2v) is 6.29. The number of hydrogen-bond acceptors (Lipinski definition) is 3. The molecular weight excluding hydrogens is 256 g/mol. The summed E-state index contributed by atoms with van der Waals surface area (Å²) in [5.41, 5.74) is 6.08. The maximum absolute atomic E-state index is 12.3. The van der Waals surface area contributed by atoms with Crippen molar-refractivity contribution >= 4 is 11.9 Å². The topological polar surface area (TPSA) is 92.4 Å². The van der Waals surface area contributed by atoms with E-state index in [1.165, 1.54) is 0 Å². The summed E-state index contributed by atoms with van der Waals surface area (Å²) < 4.78 is 0. The van der Waals surface area contributed by atoms with Crippen molar-refractivity contribution in [3.05, 3.63) is 0 Å². The Morgan fingerprint density at radius 2 is 1.70 bits per heavy atom. The van der Waals surface area contributed by atoms with Gasteiger partial charge in [0.05, 0.1) is 11.8 Å². The first-order valence-electron chi connectivity index (χ1n) is 7.85. The van der Waals surface area contributed by atoms with E-state index in [4.69, 9.17) is 10.8 Å². The number of nitrogens with two attached hydrogens (primary N) is 1. The Bertz CT molecular complexity index is 359. The van der Waals surface area contributed by atoms with Crippen LogP contribution in [-0.2, 0) is 9.59 Å². The van der Waals surface area contributed by atoms with Crippen molar-refractivity contribution < 1.29 is 14.7 Å². The lowest BCUT2D eigenvalue weighted by molar-refractivity contribution is -0.143. The predicted octanol–water partition coefficient (Wildman–Crippen LogP) is 1.51. The molecule has 0 aromatic carbocycles. The smallest absolute Gasteiger partial charge is 0.306 e. The molecule has 0 radical (unpaired) electrons. The minimum Gasteiger partial charge on any atom is -0.481 e. The van der Waals surface area contributed by atoms with Crippen molar-refractivity contribution in [2.24, 2.45) is 23.5 Å². The molecule has 4 atom stereocenters. The highest BCUT2D eigenvalue weighted by atomic mass is 16.4. The van der Waals surface area contributed by atoms with Gasteiger partial charge in [-0.15, -0.1) is 0 Å². The molecule has 4 unspecified atom stereocenters. The molecule has 5 nitrogen and oxygen atoms in total. The summed E-state index contributed by atoms with van der Waals surface area (Å²) in [7, 11) is 0. The Morgan fingerprint density at radius 1 is 1.00 bits per heavy atom. The molecule has 2 saturated carbocycles. The van der Waals surface area contributed by atoms with E-state index >= 15 is 0 Å². The summed E-state index contributed by atoms with van der Waals surface area (Å²) in [4.78, 5) is 23.4. The van der Waals surface area contributed by atoms with Crippen molar-refractivity contribution in [3.8, 4) is 0 Å². The van der Waals surface area contributed by atoms with E-state index in [2.05, 4.69) is 5.32 Å². The van der Waals surface area contributed by atoms with Crippen LogP contribution in [-0.4, -0.2) is 29.6 Å². The second kappa shape index (κ2) is 7.07. The minimum atomic E-state index is -0.729. The Labute approximate surface area is 120 Å². The monoisotopic (exact) mass is 282 g/mol. The molecule has 0 saturated heterocycles. The molecule has 0 aromatic rings. The molecule has 4 N–H and O–H groups in total. The van der Waals surface area contributed by atoms with E-state index in [1.54, 1.807) is 0 Å². The minimum absolute atomic E-state index is 0.0236. The van der Waals surface area contributed by atoms with Crippen LogP contribution in [0.25, 0.3) is 0 Å². The zero-order chi connectivity index (χ0) is 14.5. The van der Waals surface area contributed by atoms with Crippen molar-refractivity contribution in [1.82, 2.24) is 5.32 Å². The number of nitrogens with one attached hydrogen (secondary N) is 1. The van der Waals surface area contributed by atoms with E-state index in [9.17, 15) is 9.59 Å². The summed E-state index contributed by atoms with van der Waals surface area (Å²) in [6, 6.07) is -0.0450. The normalized spacial score (nSPS) is 34.5. The molecule has 0 aliphatic heterocycles. The van der Waals surface area contributed by atoms with E-state index < -0.39 is 5.97 Å².